The molecule has 1 aliphatic rings. The standard InChI is InChI=1S/C15H11FN2O2S/c16-11-5-3-10(4-6-11)9-18-14(19)13(17-15(18)21)8-12-2-1-7-20-12/h1-8H,9H2,(H,17,21)/b13-8-. The summed E-state index contributed by atoms with van der Waals surface area (Å²) < 4.78 is 18.1. The number of thiocarbonyl (C=S) groups is 1. The van der Waals surface area contributed by atoms with Crippen LogP contribution < -0.4 is 5.32 Å². The number of benzene rings is 1. The second-order valence-electron chi connectivity index (χ2n) is 4.52. The van der Waals surface area contributed by atoms with Crippen LogP contribution in [-0.4, -0.2) is 15.9 Å². The van der Waals surface area contributed by atoms with Gasteiger partial charge in [-0.2, -0.15) is 0 Å². The summed E-state index contributed by atoms with van der Waals surface area (Å²) in [6.45, 7) is 0.292. The Balaban J connectivity index is 1.79. The van der Waals surface area contributed by atoms with E-state index in [9.17, 15) is 9.18 Å². The van der Waals surface area contributed by atoms with Crippen LogP contribution in [0.5, 0.6) is 0 Å². The molecule has 2 heterocycles. The molecule has 0 saturated carbocycles. The Kier molecular flexibility index (Phi) is 3.53. The molecule has 1 aromatic heterocycles. The third kappa shape index (κ3) is 2.85. The minimum atomic E-state index is -0.314. The minimum Gasteiger partial charge on any atom is -0.465 e. The highest BCUT2D eigenvalue weighted by Crippen LogP contribution is 2.17. The molecule has 0 spiro atoms. The lowest BCUT2D eigenvalue weighted by molar-refractivity contribution is -0.122. The van der Waals surface area contributed by atoms with Crippen molar-refractivity contribution in [3.8, 4) is 0 Å². The molecule has 1 aliphatic heterocycles. The fourth-order valence-corrected chi connectivity index (χ4v) is 2.26. The Morgan fingerprint density at radius 3 is 2.71 bits per heavy atom. The number of hydrogen-bond acceptors (Lipinski definition) is 3. The van der Waals surface area contributed by atoms with Crippen molar-refractivity contribution in [1.29, 1.82) is 0 Å². The number of carbonyl (C=O) groups excluding carboxylic acids is 1. The molecule has 106 valence electrons. The summed E-state index contributed by atoms with van der Waals surface area (Å²) in [6.07, 6.45) is 3.12. The third-order valence-corrected chi connectivity index (χ3v) is 3.37. The molecule has 6 heteroatoms. The number of carbonyl (C=O) groups is 1. The number of hydrogen-bond donors (Lipinski definition) is 1. The van der Waals surface area contributed by atoms with E-state index in [0.717, 1.165) is 5.56 Å². The van der Waals surface area contributed by atoms with Crippen LogP contribution in [0, 0.1) is 5.82 Å². The van der Waals surface area contributed by atoms with Gasteiger partial charge in [-0.25, -0.2) is 4.39 Å². The van der Waals surface area contributed by atoms with Crippen LogP contribution >= 0.6 is 12.2 Å². The van der Waals surface area contributed by atoms with Crippen LogP contribution in [0.2, 0.25) is 0 Å². The van der Waals surface area contributed by atoms with Gasteiger partial charge in [0.15, 0.2) is 5.11 Å². The van der Waals surface area contributed by atoms with E-state index in [0.29, 0.717) is 23.1 Å². The number of nitrogens with one attached hydrogen (secondary N) is 1. The summed E-state index contributed by atoms with van der Waals surface area (Å²) >= 11 is 5.16. The maximum Gasteiger partial charge on any atom is 0.276 e. The molecule has 1 fully saturated rings. The molecule has 4 nitrogen and oxygen atoms in total. The van der Waals surface area contributed by atoms with Gasteiger partial charge in [-0.05, 0) is 42.0 Å². The summed E-state index contributed by atoms with van der Waals surface area (Å²) in [5.41, 5.74) is 1.16. The van der Waals surface area contributed by atoms with Crippen LogP contribution in [0.25, 0.3) is 6.08 Å². The molecule has 0 unspecified atom stereocenters. The molecular formula is C15H11FN2O2S. The van der Waals surface area contributed by atoms with E-state index in [1.165, 1.54) is 23.3 Å². The smallest absolute Gasteiger partial charge is 0.276 e. The molecule has 1 aromatic carbocycles. The minimum absolute atomic E-state index is 0.235. The van der Waals surface area contributed by atoms with Crippen LogP contribution in [0.4, 0.5) is 4.39 Å². The van der Waals surface area contributed by atoms with E-state index in [1.807, 2.05) is 0 Å². The predicted octanol–water partition coefficient (Wildman–Crippen LogP) is 2.68. The first-order chi connectivity index (χ1) is 10.1. The number of halogens is 1. The van der Waals surface area contributed by atoms with Gasteiger partial charge < -0.3 is 9.73 Å². The van der Waals surface area contributed by atoms with Crippen molar-refractivity contribution < 1.29 is 13.6 Å². The van der Waals surface area contributed by atoms with Crippen molar-refractivity contribution in [2.75, 3.05) is 0 Å². The third-order valence-electron chi connectivity index (χ3n) is 3.05. The summed E-state index contributed by atoms with van der Waals surface area (Å²) in [6, 6.07) is 9.44. The molecule has 1 amide bonds. The second-order valence-corrected chi connectivity index (χ2v) is 4.91. The Morgan fingerprint density at radius 2 is 2.05 bits per heavy atom. The van der Waals surface area contributed by atoms with Gasteiger partial charge in [-0.1, -0.05) is 12.1 Å². The van der Waals surface area contributed by atoms with Crippen LogP contribution in [0.1, 0.15) is 11.3 Å². The monoisotopic (exact) mass is 302 g/mol. The molecule has 2 aromatic rings. The summed E-state index contributed by atoms with van der Waals surface area (Å²) in [7, 11) is 0. The normalized spacial score (nSPS) is 16.6. The zero-order chi connectivity index (χ0) is 14.8. The molecule has 0 atom stereocenters. The molecule has 0 aliphatic carbocycles. The largest absolute Gasteiger partial charge is 0.465 e. The summed E-state index contributed by atoms with van der Waals surface area (Å²) in [4.78, 5) is 13.7. The lowest BCUT2D eigenvalue weighted by Crippen LogP contribution is -2.30. The Bertz CT molecular complexity index is 708. The lowest BCUT2D eigenvalue weighted by atomic mass is 10.2. The average Bonchev–Trinajstić information content (AvgIpc) is 3.06. The van der Waals surface area contributed by atoms with Crippen molar-refractivity contribution in [3.05, 3.63) is 65.5 Å². The maximum atomic E-state index is 12.9. The highest BCUT2D eigenvalue weighted by atomic mass is 32.1. The number of furan rings is 1. The van der Waals surface area contributed by atoms with Gasteiger partial charge in [-0.3, -0.25) is 9.69 Å². The number of nitrogens with zero attached hydrogens (tertiary/aromatic N) is 1. The van der Waals surface area contributed by atoms with Crippen molar-refractivity contribution >= 4 is 29.3 Å². The molecule has 21 heavy (non-hydrogen) atoms. The van der Waals surface area contributed by atoms with Crippen molar-refractivity contribution in [2.24, 2.45) is 0 Å². The highest BCUT2D eigenvalue weighted by Gasteiger charge is 2.30. The first-order valence-electron chi connectivity index (χ1n) is 6.26. The van der Waals surface area contributed by atoms with E-state index < -0.39 is 0 Å². The van der Waals surface area contributed by atoms with Gasteiger partial charge in [0.25, 0.3) is 5.91 Å². The molecular weight excluding hydrogens is 291 g/mol. The first-order valence-corrected chi connectivity index (χ1v) is 6.67. The molecule has 1 N–H and O–H groups in total. The van der Waals surface area contributed by atoms with Gasteiger partial charge in [-0.15, -0.1) is 0 Å². The van der Waals surface area contributed by atoms with E-state index in [1.54, 1.807) is 30.3 Å². The Morgan fingerprint density at radius 1 is 1.29 bits per heavy atom. The summed E-state index contributed by atoms with van der Waals surface area (Å²) in [5, 5.41) is 3.18. The van der Waals surface area contributed by atoms with Crippen molar-refractivity contribution in [2.45, 2.75) is 6.54 Å². The van der Waals surface area contributed by atoms with Crippen molar-refractivity contribution in [1.82, 2.24) is 10.2 Å². The molecule has 1 saturated heterocycles. The number of rotatable bonds is 3. The molecule has 0 bridgehead atoms. The Labute approximate surface area is 125 Å². The van der Waals surface area contributed by atoms with Crippen LogP contribution in [0.15, 0.2) is 52.8 Å². The van der Waals surface area contributed by atoms with Crippen LogP contribution in [0.3, 0.4) is 0 Å². The number of amides is 1. The Hall–Kier alpha value is -2.47. The van der Waals surface area contributed by atoms with Gasteiger partial charge in [0, 0.05) is 6.08 Å². The SMILES string of the molecule is O=C1/C(=C/c2ccco2)NC(=S)N1Cc1ccc(F)cc1. The fraction of sp³-hybridized carbons (Fsp3) is 0.0667. The highest BCUT2D eigenvalue weighted by molar-refractivity contribution is 7.80. The van der Waals surface area contributed by atoms with Gasteiger partial charge >= 0.3 is 0 Å². The molecule has 0 radical (unpaired) electrons. The van der Waals surface area contributed by atoms with E-state index in [-0.39, 0.29) is 11.7 Å². The zero-order valence-corrected chi connectivity index (χ0v) is 11.7. The lowest BCUT2D eigenvalue weighted by Gasteiger charge is -2.13. The van der Waals surface area contributed by atoms with Gasteiger partial charge in [0.1, 0.15) is 17.3 Å². The van der Waals surface area contributed by atoms with Gasteiger partial charge in [0.2, 0.25) is 0 Å². The predicted molar refractivity (Wildman–Crippen MR) is 79.4 cm³/mol. The second kappa shape index (κ2) is 5.49. The van der Waals surface area contributed by atoms with Gasteiger partial charge in [0.05, 0.1) is 12.8 Å². The quantitative estimate of drug-likeness (QED) is 0.699. The fourth-order valence-electron chi connectivity index (χ4n) is 2.00. The molecule has 3 rings (SSSR count). The first kappa shape index (κ1) is 13.5. The van der Waals surface area contributed by atoms with E-state index in [2.05, 4.69) is 5.32 Å². The topological polar surface area (TPSA) is 45.5 Å². The summed E-state index contributed by atoms with van der Waals surface area (Å²) in [5.74, 6) is 0.0172. The van der Waals surface area contributed by atoms with E-state index in [4.69, 9.17) is 16.6 Å². The van der Waals surface area contributed by atoms with Crippen LogP contribution in [-0.2, 0) is 11.3 Å². The van der Waals surface area contributed by atoms with Crippen molar-refractivity contribution in [3.63, 3.8) is 0 Å². The zero-order valence-electron chi connectivity index (χ0n) is 10.9. The maximum absolute atomic E-state index is 12.9. The van der Waals surface area contributed by atoms with E-state index >= 15 is 0 Å². The average molecular weight is 302 g/mol.